The van der Waals surface area contributed by atoms with Crippen molar-refractivity contribution in [3.05, 3.63) is 29.3 Å². The molecule has 106 valence electrons. The van der Waals surface area contributed by atoms with Crippen LogP contribution in [0.2, 0.25) is 0 Å². The standard InChI is InChI=1S/C14H20F2N2O/c15-12-6-10(8-17)7-13(16)14(12)18-5-3-1-2-4-11(18)9-19/h6-7,11,19H,1-5,8-9,17H2. The van der Waals surface area contributed by atoms with Crippen LogP contribution in [0.25, 0.3) is 0 Å². The van der Waals surface area contributed by atoms with E-state index in [0.29, 0.717) is 12.1 Å². The summed E-state index contributed by atoms with van der Waals surface area (Å²) in [5, 5.41) is 9.42. The van der Waals surface area contributed by atoms with Crippen LogP contribution in [0.1, 0.15) is 31.2 Å². The molecule has 2 rings (SSSR count). The van der Waals surface area contributed by atoms with E-state index in [4.69, 9.17) is 5.73 Å². The molecule has 0 aromatic heterocycles. The van der Waals surface area contributed by atoms with Gasteiger partial charge in [-0.3, -0.25) is 0 Å². The molecule has 0 saturated carbocycles. The number of aliphatic hydroxyl groups excluding tert-OH is 1. The molecule has 5 heteroatoms. The monoisotopic (exact) mass is 270 g/mol. The van der Waals surface area contributed by atoms with Crippen molar-refractivity contribution >= 4 is 5.69 Å². The maximum atomic E-state index is 14.1. The van der Waals surface area contributed by atoms with Crippen LogP contribution in [-0.2, 0) is 6.54 Å². The number of nitrogens with zero attached hydrogens (tertiary/aromatic N) is 1. The Morgan fingerprint density at radius 2 is 1.89 bits per heavy atom. The molecule has 3 N–H and O–H groups in total. The minimum Gasteiger partial charge on any atom is -0.394 e. The van der Waals surface area contributed by atoms with Gasteiger partial charge >= 0.3 is 0 Å². The Balaban J connectivity index is 2.38. The van der Waals surface area contributed by atoms with Crippen molar-refractivity contribution in [2.75, 3.05) is 18.1 Å². The molecule has 1 aromatic rings. The second kappa shape index (κ2) is 6.30. The highest BCUT2D eigenvalue weighted by atomic mass is 19.1. The Bertz CT molecular complexity index is 416. The second-order valence-electron chi connectivity index (χ2n) is 4.99. The van der Waals surface area contributed by atoms with Crippen molar-refractivity contribution < 1.29 is 13.9 Å². The molecule has 0 bridgehead atoms. The van der Waals surface area contributed by atoms with Gasteiger partial charge in [0.25, 0.3) is 0 Å². The molecule has 1 atom stereocenters. The lowest BCUT2D eigenvalue weighted by Gasteiger charge is -2.31. The number of aliphatic hydroxyl groups is 1. The number of halogens is 2. The maximum absolute atomic E-state index is 14.1. The molecule has 1 heterocycles. The average molecular weight is 270 g/mol. The Morgan fingerprint density at radius 1 is 1.21 bits per heavy atom. The van der Waals surface area contributed by atoms with E-state index in [1.54, 1.807) is 4.90 Å². The Labute approximate surface area is 112 Å². The van der Waals surface area contributed by atoms with Crippen molar-refractivity contribution in [2.45, 2.75) is 38.3 Å². The van der Waals surface area contributed by atoms with Crippen LogP contribution in [-0.4, -0.2) is 24.3 Å². The third-order valence-electron chi connectivity index (χ3n) is 3.69. The Morgan fingerprint density at radius 3 is 2.47 bits per heavy atom. The van der Waals surface area contributed by atoms with Gasteiger partial charge in [0, 0.05) is 13.1 Å². The van der Waals surface area contributed by atoms with Crippen molar-refractivity contribution in [3.8, 4) is 0 Å². The van der Waals surface area contributed by atoms with Crippen LogP contribution >= 0.6 is 0 Å². The van der Waals surface area contributed by atoms with Gasteiger partial charge < -0.3 is 15.7 Å². The van der Waals surface area contributed by atoms with Gasteiger partial charge in [-0.2, -0.15) is 0 Å². The van der Waals surface area contributed by atoms with E-state index in [0.717, 1.165) is 25.7 Å². The van der Waals surface area contributed by atoms with E-state index < -0.39 is 11.6 Å². The molecular weight excluding hydrogens is 250 g/mol. The molecule has 1 saturated heterocycles. The molecule has 1 unspecified atom stereocenters. The third kappa shape index (κ3) is 3.04. The molecule has 0 radical (unpaired) electrons. The van der Waals surface area contributed by atoms with Crippen LogP contribution in [0, 0.1) is 11.6 Å². The Kier molecular flexibility index (Phi) is 4.71. The number of hydrogen-bond donors (Lipinski definition) is 2. The number of anilines is 1. The highest BCUT2D eigenvalue weighted by molar-refractivity contribution is 5.52. The topological polar surface area (TPSA) is 49.5 Å². The summed E-state index contributed by atoms with van der Waals surface area (Å²) < 4.78 is 28.2. The fourth-order valence-corrected chi connectivity index (χ4v) is 2.67. The van der Waals surface area contributed by atoms with E-state index in [-0.39, 0.29) is 24.9 Å². The van der Waals surface area contributed by atoms with Gasteiger partial charge in [-0.15, -0.1) is 0 Å². The van der Waals surface area contributed by atoms with E-state index in [9.17, 15) is 13.9 Å². The summed E-state index contributed by atoms with van der Waals surface area (Å²) in [6, 6.07) is 2.34. The quantitative estimate of drug-likeness (QED) is 0.885. The third-order valence-corrected chi connectivity index (χ3v) is 3.69. The van der Waals surface area contributed by atoms with Gasteiger partial charge in [0.2, 0.25) is 0 Å². The lowest BCUT2D eigenvalue weighted by molar-refractivity contribution is 0.254. The fourth-order valence-electron chi connectivity index (χ4n) is 2.67. The van der Waals surface area contributed by atoms with Crippen molar-refractivity contribution in [2.24, 2.45) is 5.73 Å². The van der Waals surface area contributed by atoms with Crippen LogP contribution < -0.4 is 10.6 Å². The first-order chi connectivity index (χ1) is 9.17. The smallest absolute Gasteiger partial charge is 0.149 e. The summed E-state index contributed by atoms with van der Waals surface area (Å²) in [5.74, 6) is -1.19. The molecule has 0 spiro atoms. The molecule has 1 aliphatic rings. The summed E-state index contributed by atoms with van der Waals surface area (Å²) in [5.41, 5.74) is 5.82. The molecule has 0 aliphatic carbocycles. The zero-order valence-electron chi connectivity index (χ0n) is 10.9. The van der Waals surface area contributed by atoms with E-state index in [1.165, 1.54) is 12.1 Å². The maximum Gasteiger partial charge on any atom is 0.149 e. The fraction of sp³-hybridized carbons (Fsp3) is 0.571. The van der Waals surface area contributed by atoms with Crippen LogP contribution in [0.4, 0.5) is 14.5 Å². The molecule has 3 nitrogen and oxygen atoms in total. The first-order valence-corrected chi connectivity index (χ1v) is 6.73. The highest BCUT2D eigenvalue weighted by Gasteiger charge is 2.26. The predicted molar refractivity (Wildman–Crippen MR) is 70.9 cm³/mol. The van der Waals surface area contributed by atoms with Crippen molar-refractivity contribution in [1.82, 2.24) is 0 Å². The molecule has 19 heavy (non-hydrogen) atoms. The normalized spacial score (nSPS) is 20.4. The van der Waals surface area contributed by atoms with E-state index >= 15 is 0 Å². The average Bonchev–Trinajstić information content (AvgIpc) is 2.63. The molecule has 1 fully saturated rings. The summed E-state index contributed by atoms with van der Waals surface area (Å²) in [6.45, 7) is 0.593. The van der Waals surface area contributed by atoms with Crippen LogP contribution in [0.15, 0.2) is 12.1 Å². The summed E-state index contributed by atoms with van der Waals surface area (Å²) in [7, 11) is 0. The molecule has 1 aliphatic heterocycles. The van der Waals surface area contributed by atoms with E-state index in [2.05, 4.69) is 0 Å². The molecular formula is C14H20F2N2O. The van der Waals surface area contributed by atoms with Crippen LogP contribution in [0.5, 0.6) is 0 Å². The zero-order chi connectivity index (χ0) is 13.8. The number of benzene rings is 1. The van der Waals surface area contributed by atoms with Gasteiger partial charge in [0.05, 0.1) is 12.6 Å². The summed E-state index contributed by atoms with van der Waals surface area (Å²) in [6.07, 6.45) is 3.64. The minimum absolute atomic E-state index is 0.0295. The van der Waals surface area contributed by atoms with Gasteiger partial charge in [0.15, 0.2) is 0 Å². The lowest BCUT2D eigenvalue weighted by atomic mass is 10.1. The molecule has 0 amide bonds. The van der Waals surface area contributed by atoms with Crippen molar-refractivity contribution in [3.63, 3.8) is 0 Å². The van der Waals surface area contributed by atoms with Gasteiger partial charge in [-0.05, 0) is 30.5 Å². The van der Waals surface area contributed by atoms with E-state index in [1.807, 2.05) is 0 Å². The summed E-state index contributed by atoms with van der Waals surface area (Å²) in [4.78, 5) is 1.66. The van der Waals surface area contributed by atoms with Gasteiger partial charge in [0.1, 0.15) is 17.3 Å². The zero-order valence-corrected chi connectivity index (χ0v) is 10.9. The second-order valence-corrected chi connectivity index (χ2v) is 4.99. The van der Waals surface area contributed by atoms with Crippen molar-refractivity contribution in [1.29, 1.82) is 0 Å². The highest BCUT2D eigenvalue weighted by Crippen LogP contribution is 2.30. The largest absolute Gasteiger partial charge is 0.394 e. The number of hydrogen-bond acceptors (Lipinski definition) is 3. The lowest BCUT2D eigenvalue weighted by Crippen LogP contribution is -2.38. The van der Waals surface area contributed by atoms with Gasteiger partial charge in [-0.25, -0.2) is 8.78 Å². The first kappa shape index (κ1) is 14.2. The minimum atomic E-state index is -0.596. The van der Waals surface area contributed by atoms with Gasteiger partial charge in [-0.1, -0.05) is 12.8 Å². The van der Waals surface area contributed by atoms with Crippen LogP contribution in [0.3, 0.4) is 0 Å². The molecule has 1 aromatic carbocycles. The predicted octanol–water partition coefficient (Wildman–Crippen LogP) is 2.16. The number of rotatable bonds is 3. The summed E-state index contributed by atoms with van der Waals surface area (Å²) >= 11 is 0. The Hall–Kier alpha value is -1.20. The number of nitrogens with two attached hydrogens (primary N) is 1. The SMILES string of the molecule is NCc1cc(F)c(N2CCCCCC2CO)c(F)c1. The first-order valence-electron chi connectivity index (χ1n) is 6.73.